The van der Waals surface area contributed by atoms with E-state index in [-0.39, 0.29) is 0 Å². The predicted octanol–water partition coefficient (Wildman–Crippen LogP) is 5.21. The van der Waals surface area contributed by atoms with Crippen LogP contribution in [0, 0.1) is 0 Å². The molecule has 24 heavy (non-hydrogen) atoms. The van der Waals surface area contributed by atoms with Crippen LogP contribution in [0.3, 0.4) is 0 Å². The summed E-state index contributed by atoms with van der Waals surface area (Å²) < 4.78 is 12.3. The van der Waals surface area contributed by atoms with Crippen LogP contribution in [0.15, 0.2) is 63.7 Å². The number of aromatic nitrogens is 2. The first kappa shape index (κ1) is 13.7. The van der Waals surface area contributed by atoms with Crippen molar-refractivity contribution in [2.45, 2.75) is 6.61 Å². The van der Waals surface area contributed by atoms with Crippen molar-refractivity contribution < 1.29 is 9.26 Å². The van der Waals surface area contributed by atoms with Gasteiger partial charge in [-0.3, -0.25) is 4.98 Å². The Morgan fingerprint density at radius 2 is 1.92 bits per heavy atom. The number of nitrogens with zero attached hydrogens (tertiary/aromatic N) is 2. The summed E-state index contributed by atoms with van der Waals surface area (Å²) in [7, 11) is 0. The van der Waals surface area contributed by atoms with Crippen LogP contribution in [0.25, 0.3) is 33.5 Å². The van der Waals surface area contributed by atoms with Gasteiger partial charge in [0.25, 0.3) is 0 Å². The van der Waals surface area contributed by atoms with Crippen molar-refractivity contribution in [3.8, 4) is 28.3 Å². The average molecular weight is 379 g/mol. The summed E-state index contributed by atoms with van der Waals surface area (Å²) in [4.78, 5) is 4.67. The molecule has 0 spiro atoms. The second-order valence-corrected chi connectivity index (χ2v) is 6.60. The molecule has 1 aliphatic rings. The van der Waals surface area contributed by atoms with Crippen molar-refractivity contribution in [3.63, 3.8) is 0 Å². The first-order valence-electron chi connectivity index (χ1n) is 7.56. The van der Waals surface area contributed by atoms with Crippen LogP contribution in [0.1, 0.15) is 5.56 Å². The molecule has 3 heterocycles. The Bertz CT molecular complexity index is 1090. The minimum atomic E-state index is 0.507. The summed E-state index contributed by atoms with van der Waals surface area (Å²) in [6, 6.07) is 15.9. The number of halogens is 1. The van der Waals surface area contributed by atoms with E-state index in [1.54, 1.807) is 0 Å². The number of rotatable bonds is 1. The third-order valence-corrected chi connectivity index (χ3v) is 4.69. The zero-order chi connectivity index (χ0) is 16.1. The van der Waals surface area contributed by atoms with Gasteiger partial charge in [-0.25, -0.2) is 0 Å². The normalized spacial score (nSPS) is 12.5. The summed E-state index contributed by atoms with van der Waals surface area (Å²) >= 11 is 3.50. The molecule has 116 valence electrons. The highest BCUT2D eigenvalue weighted by Crippen LogP contribution is 2.38. The molecule has 0 atom stereocenters. The van der Waals surface area contributed by atoms with Gasteiger partial charge in [0.1, 0.15) is 18.1 Å². The second-order valence-electron chi connectivity index (χ2n) is 5.69. The number of para-hydroxylation sites is 1. The Morgan fingerprint density at radius 3 is 2.88 bits per heavy atom. The monoisotopic (exact) mass is 378 g/mol. The van der Waals surface area contributed by atoms with Crippen molar-refractivity contribution in [1.29, 1.82) is 0 Å². The van der Waals surface area contributed by atoms with Crippen LogP contribution in [0.2, 0.25) is 0 Å². The Balaban J connectivity index is 1.68. The van der Waals surface area contributed by atoms with Gasteiger partial charge in [0.2, 0.25) is 0 Å². The summed E-state index contributed by atoms with van der Waals surface area (Å²) in [6.45, 7) is 0.507. The van der Waals surface area contributed by atoms with Gasteiger partial charge in [0.05, 0.1) is 11.1 Å². The molecule has 0 fully saturated rings. The number of hydrogen-bond donors (Lipinski definition) is 0. The molecular weight excluding hydrogens is 368 g/mol. The van der Waals surface area contributed by atoms with Crippen LogP contribution in [-0.4, -0.2) is 10.1 Å². The van der Waals surface area contributed by atoms with Crippen molar-refractivity contribution in [1.82, 2.24) is 10.1 Å². The highest BCUT2D eigenvalue weighted by Gasteiger charge is 2.20. The Kier molecular flexibility index (Phi) is 2.97. The molecule has 5 heteroatoms. The number of benzene rings is 2. The third-order valence-electron chi connectivity index (χ3n) is 4.20. The molecule has 5 rings (SSSR count). The molecule has 0 saturated heterocycles. The number of fused-ring (bicyclic) bond motifs is 4. The quantitative estimate of drug-likeness (QED) is 0.456. The maximum atomic E-state index is 5.84. The number of pyridine rings is 1. The highest BCUT2D eigenvalue weighted by molar-refractivity contribution is 9.10. The molecule has 0 radical (unpaired) electrons. The van der Waals surface area contributed by atoms with Gasteiger partial charge < -0.3 is 9.26 Å². The molecule has 2 aromatic carbocycles. The number of ether oxygens (including phenoxy) is 1. The highest BCUT2D eigenvalue weighted by atomic mass is 79.9. The molecule has 0 unspecified atom stereocenters. The standard InChI is InChI=1S/C19H11BrN2O2/c20-13-5-6-17-15(8-13)19(22-24-17)11-7-12-10-23-16-4-2-1-3-14(16)18(12)21-9-11/h1-9H,10H2. The molecule has 4 aromatic rings. The average Bonchev–Trinajstić information content (AvgIpc) is 3.04. The van der Waals surface area contributed by atoms with Crippen LogP contribution >= 0.6 is 15.9 Å². The molecule has 0 aliphatic carbocycles. The van der Waals surface area contributed by atoms with E-state index in [1.807, 2.05) is 48.7 Å². The summed E-state index contributed by atoms with van der Waals surface area (Å²) in [5, 5.41) is 5.18. The van der Waals surface area contributed by atoms with Gasteiger partial charge in [-0.05, 0) is 36.4 Å². The van der Waals surface area contributed by atoms with Gasteiger partial charge in [0.15, 0.2) is 5.58 Å². The molecule has 1 aliphatic heterocycles. The van der Waals surface area contributed by atoms with E-state index in [4.69, 9.17) is 9.26 Å². The maximum Gasteiger partial charge on any atom is 0.167 e. The lowest BCUT2D eigenvalue weighted by Gasteiger charge is -2.20. The van der Waals surface area contributed by atoms with E-state index < -0.39 is 0 Å². The van der Waals surface area contributed by atoms with E-state index >= 15 is 0 Å². The summed E-state index contributed by atoms with van der Waals surface area (Å²) in [5.41, 5.74) is 5.52. The second kappa shape index (κ2) is 5.18. The molecule has 4 nitrogen and oxygen atoms in total. The van der Waals surface area contributed by atoms with Crippen LogP contribution < -0.4 is 4.74 Å². The van der Waals surface area contributed by atoms with Crippen LogP contribution in [-0.2, 0) is 6.61 Å². The van der Waals surface area contributed by atoms with E-state index in [0.717, 1.165) is 49.3 Å². The fourth-order valence-electron chi connectivity index (χ4n) is 3.06. The van der Waals surface area contributed by atoms with Crippen molar-refractivity contribution >= 4 is 26.9 Å². The lowest BCUT2D eigenvalue weighted by Crippen LogP contribution is -2.07. The van der Waals surface area contributed by atoms with E-state index in [9.17, 15) is 0 Å². The van der Waals surface area contributed by atoms with Gasteiger partial charge in [-0.2, -0.15) is 0 Å². The Hall–Kier alpha value is -2.66. The third kappa shape index (κ3) is 2.05. The number of hydrogen-bond acceptors (Lipinski definition) is 4. The first-order chi connectivity index (χ1) is 11.8. The predicted molar refractivity (Wildman–Crippen MR) is 94.7 cm³/mol. The molecule has 0 saturated carbocycles. The smallest absolute Gasteiger partial charge is 0.167 e. The van der Waals surface area contributed by atoms with Gasteiger partial charge >= 0.3 is 0 Å². The molecule has 0 amide bonds. The minimum Gasteiger partial charge on any atom is -0.488 e. The van der Waals surface area contributed by atoms with E-state index in [1.165, 1.54) is 0 Å². The van der Waals surface area contributed by atoms with Crippen molar-refractivity contribution in [3.05, 3.63) is 64.8 Å². The summed E-state index contributed by atoms with van der Waals surface area (Å²) in [6.07, 6.45) is 1.85. The van der Waals surface area contributed by atoms with Crippen LogP contribution in [0.5, 0.6) is 5.75 Å². The zero-order valence-electron chi connectivity index (χ0n) is 12.5. The molecule has 0 N–H and O–H groups in total. The van der Waals surface area contributed by atoms with Gasteiger partial charge in [0, 0.05) is 27.4 Å². The largest absolute Gasteiger partial charge is 0.488 e. The molecule has 0 bridgehead atoms. The first-order valence-corrected chi connectivity index (χ1v) is 8.35. The Morgan fingerprint density at radius 1 is 1.00 bits per heavy atom. The summed E-state index contributed by atoms with van der Waals surface area (Å²) in [5.74, 6) is 0.876. The minimum absolute atomic E-state index is 0.507. The molecular formula is C19H11BrN2O2. The van der Waals surface area contributed by atoms with E-state index in [0.29, 0.717) is 6.61 Å². The van der Waals surface area contributed by atoms with Gasteiger partial charge in [-0.1, -0.05) is 33.2 Å². The maximum absolute atomic E-state index is 5.84. The lowest BCUT2D eigenvalue weighted by molar-refractivity contribution is 0.301. The Labute approximate surface area is 146 Å². The van der Waals surface area contributed by atoms with Gasteiger partial charge in [-0.15, -0.1) is 0 Å². The van der Waals surface area contributed by atoms with E-state index in [2.05, 4.69) is 32.1 Å². The molecule has 2 aromatic heterocycles. The van der Waals surface area contributed by atoms with Crippen LogP contribution in [0.4, 0.5) is 0 Å². The topological polar surface area (TPSA) is 48.2 Å². The fraction of sp³-hybridized carbons (Fsp3) is 0.0526. The van der Waals surface area contributed by atoms with Crippen molar-refractivity contribution in [2.24, 2.45) is 0 Å². The zero-order valence-corrected chi connectivity index (χ0v) is 14.1. The lowest BCUT2D eigenvalue weighted by atomic mass is 10.00. The van der Waals surface area contributed by atoms with Crippen molar-refractivity contribution in [2.75, 3.05) is 0 Å². The fourth-order valence-corrected chi connectivity index (χ4v) is 3.42. The SMILES string of the molecule is Brc1ccc2onc(-c3cnc4c(c3)COc3ccccc3-4)c2c1.